The largest absolute Gasteiger partial charge is 0.481 e. The first-order valence-corrected chi connectivity index (χ1v) is 7.03. The summed E-state index contributed by atoms with van der Waals surface area (Å²) in [5.41, 5.74) is 0.768. The van der Waals surface area contributed by atoms with Gasteiger partial charge in [0.25, 0.3) is 5.69 Å². The molecule has 0 amide bonds. The summed E-state index contributed by atoms with van der Waals surface area (Å²) in [4.78, 5) is 25.5. The van der Waals surface area contributed by atoms with Gasteiger partial charge < -0.3 is 5.11 Å². The molecule has 0 heterocycles. The van der Waals surface area contributed by atoms with Crippen molar-refractivity contribution in [2.45, 2.75) is 25.7 Å². The summed E-state index contributed by atoms with van der Waals surface area (Å²) in [7, 11) is 0. The van der Waals surface area contributed by atoms with E-state index in [1.54, 1.807) is 18.3 Å². The van der Waals surface area contributed by atoms with Crippen molar-refractivity contribution in [3.05, 3.63) is 39.9 Å². The lowest BCUT2D eigenvalue weighted by molar-refractivity contribution is -0.384. The number of non-ortho nitro benzene ring substituents is 1. The minimum atomic E-state index is -0.700. The van der Waals surface area contributed by atoms with Gasteiger partial charge in [-0.2, -0.15) is 0 Å². The number of aliphatic imine (C=N–C) groups is 1. The molecule has 0 spiro atoms. The molecule has 2 rings (SSSR count). The van der Waals surface area contributed by atoms with Crippen LogP contribution in [-0.2, 0) is 4.79 Å². The molecule has 6 nitrogen and oxygen atoms in total. The van der Waals surface area contributed by atoms with Crippen LogP contribution in [0.15, 0.2) is 29.3 Å². The molecule has 1 saturated carbocycles. The van der Waals surface area contributed by atoms with Crippen molar-refractivity contribution in [3.63, 3.8) is 0 Å². The monoisotopic (exact) mass is 290 g/mol. The molecule has 6 heteroatoms. The van der Waals surface area contributed by atoms with Gasteiger partial charge in [-0.15, -0.1) is 0 Å². The molecule has 0 radical (unpaired) electrons. The summed E-state index contributed by atoms with van der Waals surface area (Å²) in [5, 5.41) is 19.6. The van der Waals surface area contributed by atoms with E-state index in [0.717, 1.165) is 12.8 Å². The fourth-order valence-corrected chi connectivity index (χ4v) is 2.62. The van der Waals surface area contributed by atoms with Crippen molar-refractivity contribution in [3.8, 4) is 0 Å². The Morgan fingerprint density at radius 1 is 1.38 bits per heavy atom. The third-order valence-corrected chi connectivity index (χ3v) is 3.88. The average molecular weight is 290 g/mol. The van der Waals surface area contributed by atoms with E-state index >= 15 is 0 Å². The van der Waals surface area contributed by atoms with Gasteiger partial charge in [0, 0.05) is 24.9 Å². The second kappa shape index (κ2) is 6.97. The Morgan fingerprint density at radius 3 is 2.71 bits per heavy atom. The minimum absolute atomic E-state index is 0.0564. The second-order valence-corrected chi connectivity index (χ2v) is 5.40. The number of nitro benzene ring substituents is 1. The van der Waals surface area contributed by atoms with Gasteiger partial charge in [0.15, 0.2) is 0 Å². The number of benzene rings is 1. The van der Waals surface area contributed by atoms with Gasteiger partial charge >= 0.3 is 5.97 Å². The Kier molecular flexibility index (Phi) is 5.03. The summed E-state index contributed by atoms with van der Waals surface area (Å²) in [5.74, 6) is -0.494. The Labute approximate surface area is 122 Å². The van der Waals surface area contributed by atoms with Gasteiger partial charge in [0.2, 0.25) is 0 Å². The van der Waals surface area contributed by atoms with Crippen molar-refractivity contribution in [2.75, 3.05) is 6.54 Å². The van der Waals surface area contributed by atoms with Crippen LogP contribution in [0.2, 0.25) is 0 Å². The molecule has 0 bridgehead atoms. The summed E-state index contributed by atoms with van der Waals surface area (Å²) < 4.78 is 0. The van der Waals surface area contributed by atoms with Crippen LogP contribution in [0.25, 0.3) is 0 Å². The van der Waals surface area contributed by atoms with E-state index in [1.165, 1.54) is 12.1 Å². The molecule has 1 aliphatic rings. The first-order chi connectivity index (χ1) is 10.1. The van der Waals surface area contributed by atoms with Gasteiger partial charge in [-0.05, 0) is 37.2 Å². The third-order valence-electron chi connectivity index (χ3n) is 3.88. The number of nitro groups is 1. The van der Waals surface area contributed by atoms with Crippen LogP contribution in [0.3, 0.4) is 0 Å². The molecule has 0 atom stereocenters. The van der Waals surface area contributed by atoms with E-state index in [0.29, 0.717) is 30.9 Å². The molecule has 0 unspecified atom stereocenters. The molecule has 1 aliphatic carbocycles. The number of aliphatic carboxylic acids is 1. The number of carboxylic acid groups (broad SMARTS) is 1. The predicted octanol–water partition coefficient (Wildman–Crippen LogP) is 2.90. The SMILES string of the molecule is O=C(O)C1CCC(CN=Cc2cccc([N+](=O)[O-])c2)CC1. The van der Waals surface area contributed by atoms with Crippen LogP contribution in [0.1, 0.15) is 31.2 Å². The number of rotatable bonds is 5. The van der Waals surface area contributed by atoms with Crippen LogP contribution < -0.4 is 0 Å². The van der Waals surface area contributed by atoms with E-state index in [4.69, 9.17) is 5.11 Å². The van der Waals surface area contributed by atoms with Crippen molar-refractivity contribution >= 4 is 17.9 Å². The summed E-state index contributed by atoms with van der Waals surface area (Å²) >= 11 is 0. The molecule has 1 aromatic rings. The number of hydrogen-bond acceptors (Lipinski definition) is 4. The first kappa shape index (κ1) is 15.2. The van der Waals surface area contributed by atoms with Crippen LogP contribution in [-0.4, -0.2) is 28.8 Å². The van der Waals surface area contributed by atoms with Crippen LogP contribution in [0, 0.1) is 22.0 Å². The highest BCUT2D eigenvalue weighted by Crippen LogP contribution is 2.29. The van der Waals surface area contributed by atoms with E-state index < -0.39 is 10.9 Å². The second-order valence-electron chi connectivity index (χ2n) is 5.40. The fourth-order valence-electron chi connectivity index (χ4n) is 2.62. The number of nitrogens with zero attached hydrogens (tertiary/aromatic N) is 2. The highest BCUT2D eigenvalue weighted by atomic mass is 16.6. The Hall–Kier alpha value is -2.24. The smallest absolute Gasteiger partial charge is 0.306 e. The molecule has 0 aliphatic heterocycles. The fraction of sp³-hybridized carbons (Fsp3) is 0.467. The first-order valence-electron chi connectivity index (χ1n) is 7.03. The highest BCUT2D eigenvalue weighted by Gasteiger charge is 2.25. The van der Waals surface area contributed by atoms with Crippen molar-refractivity contribution in [2.24, 2.45) is 16.8 Å². The van der Waals surface area contributed by atoms with Crippen molar-refractivity contribution in [1.82, 2.24) is 0 Å². The normalized spacial score (nSPS) is 22.3. The molecule has 0 aromatic heterocycles. The molecule has 1 N–H and O–H groups in total. The van der Waals surface area contributed by atoms with Crippen LogP contribution >= 0.6 is 0 Å². The lowest BCUT2D eigenvalue weighted by atomic mass is 9.82. The highest BCUT2D eigenvalue weighted by molar-refractivity contribution is 5.80. The number of carboxylic acids is 1. The standard InChI is InChI=1S/C15H18N2O4/c18-15(19)13-6-4-11(5-7-13)9-16-10-12-2-1-3-14(8-12)17(20)21/h1-3,8,10-11,13H,4-7,9H2,(H,18,19). The Balaban J connectivity index is 1.85. The summed E-state index contributed by atoms with van der Waals surface area (Å²) in [6, 6.07) is 6.35. The predicted molar refractivity (Wildman–Crippen MR) is 78.6 cm³/mol. The minimum Gasteiger partial charge on any atom is -0.481 e. The summed E-state index contributed by atoms with van der Waals surface area (Å²) in [6.45, 7) is 0.648. The molecular weight excluding hydrogens is 272 g/mol. The Bertz CT molecular complexity index is 548. The van der Waals surface area contributed by atoms with E-state index in [2.05, 4.69) is 4.99 Å². The van der Waals surface area contributed by atoms with Gasteiger partial charge in [0.05, 0.1) is 10.8 Å². The molecule has 112 valence electrons. The Morgan fingerprint density at radius 2 is 2.10 bits per heavy atom. The lowest BCUT2D eigenvalue weighted by Crippen LogP contribution is -2.22. The van der Waals surface area contributed by atoms with E-state index in [9.17, 15) is 14.9 Å². The number of carbonyl (C=O) groups is 1. The summed E-state index contributed by atoms with van der Waals surface area (Å²) in [6.07, 6.45) is 4.83. The number of hydrogen-bond donors (Lipinski definition) is 1. The molecule has 21 heavy (non-hydrogen) atoms. The van der Waals surface area contributed by atoms with Crippen molar-refractivity contribution in [1.29, 1.82) is 0 Å². The average Bonchev–Trinajstić information content (AvgIpc) is 2.48. The van der Waals surface area contributed by atoms with Gasteiger partial charge in [-0.25, -0.2) is 0 Å². The van der Waals surface area contributed by atoms with Crippen molar-refractivity contribution < 1.29 is 14.8 Å². The third kappa shape index (κ3) is 4.37. The lowest BCUT2D eigenvalue weighted by Gasteiger charge is -2.24. The van der Waals surface area contributed by atoms with Crippen LogP contribution in [0.5, 0.6) is 0 Å². The molecule has 1 aromatic carbocycles. The topological polar surface area (TPSA) is 92.8 Å². The van der Waals surface area contributed by atoms with Gasteiger partial charge in [0.1, 0.15) is 0 Å². The maximum Gasteiger partial charge on any atom is 0.306 e. The zero-order valence-corrected chi connectivity index (χ0v) is 11.6. The zero-order valence-electron chi connectivity index (χ0n) is 11.6. The quantitative estimate of drug-likeness (QED) is 0.512. The van der Waals surface area contributed by atoms with E-state index in [-0.39, 0.29) is 11.6 Å². The maximum absolute atomic E-state index is 10.9. The zero-order chi connectivity index (χ0) is 15.2. The maximum atomic E-state index is 10.9. The molecule has 0 saturated heterocycles. The molecular formula is C15H18N2O4. The van der Waals surface area contributed by atoms with Gasteiger partial charge in [-0.3, -0.25) is 19.9 Å². The van der Waals surface area contributed by atoms with Crippen LogP contribution in [0.4, 0.5) is 5.69 Å². The van der Waals surface area contributed by atoms with E-state index in [1.807, 2.05) is 0 Å². The van der Waals surface area contributed by atoms with Gasteiger partial charge in [-0.1, -0.05) is 12.1 Å². The molecule has 1 fully saturated rings.